The van der Waals surface area contributed by atoms with Crippen molar-refractivity contribution < 1.29 is 28.5 Å². The van der Waals surface area contributed by atoms with Crippen LogP contribution in [0, 0.1) is 0 Å². The lowest BCUT2D eigenvalue weighted by Gasteiger charge is -1.81. The molecular weight excluding hydrogens is 239 g/mol. The molecule has 0 aromatic carbocycles. The second-order valence-corrected chi connectivity index (χ2v) is 1.87. The van der Waals surface area contributed by atoms with Crippen molar-refractivity contribution in [2.75, 3.05) is 0 Å². The summed E-state index contributed by atoms with van der Waals surface area (Å²) < 4.78 is 4.01. The van der Waals surface area contributed by atoms with E-state index in [1.165, 1.54) is 0 Å². The maximum atomic E-state index is 3.63. The van der Waals surface area contributed by atoms with Crippen LogP contribution in [0.3, 0.4) is 0 Å². The minimum Gasteiger partial charge on any atom is -1.00 e. The number of hydrogen-bond donors (Lipinski definition) is 0. The van der Waals surface area contributed by atoms with Crippen LogP contribution in [0.5, 0.6) is 0 Å². The highest BCUT2D eigenvalue weighted by Crippen LogP contribution is 1.81. The summed E-state index contributed by atoms with van der Waals surface area (Å²) in [5.74, 6) is 0. The molecule has 0 radical (unpaired) electrons. The molecule has 10 heavy (non-hydrogen) atoms. The summed E-state index contributed by atoms with van der Waals surface area (Å²) in [6.45, 7) is 6.75. The summed E-state index contributed by atoms with van der Waals surface area (Å²) in [6.07, 6.45) is 7.75. The minimum atomic E-state index is 0. The highest BCUT2D eigenvalue weighted by atomic mass is 127. The normalized spacial score (nSPS) is 8.50. The summed E-state index contributed by atoms with van der Waals surface area (Å²) in [4.78, 5) is 0. The molecule has 0 saturated heterocycles. The molecule has 1 aromatic heterocycles. The zero-order chi connectivity index (χ0) is 6.69. The van der Waals surface area contributed by atoms with Crippen molar-refractivity contribution >= 4 is 6.20 Å². The Morgan fingerprint density at radius 2 is 2.40 bits per heavy atom. The van der Waals surface area contributed by atoms with E-state index >= 15 is 0 Å². The van der Waals surface area contributed by atoms with E-state index in [1.54, 1.807) is 6.20 Å². The molecule has 0 spiro atoms. The third kappa shape index (κ3) is 2.13. The molecule has 56 valence electrons. The number of imidazole rings is 1. The summed E-state index contributed by atoms with van der Waals surface area (Å²) >= 11 is 0. The topological polar surface area (TPSA) is 8.81 Å². The Labute approximate surface area is 78.2 Å². The predicted octanol–water partition coefficient (Wildman–Crippen LogP) is -2.10. The first-order valence-electron chi connectivity index (χ1n) is 3.06. The molecule has 0 aliphatic rings. The second kappa shape index (κ2) is 4.49. The molecule has 3 heteroatoms. The first kappa shape index (κ1) is 9.68. The SMILES string of the molecule is C=C[n+]1ccn(CC)c1.[I-]. The number of aromatic nitrogens is 2. The molecule has 1 aromatic rings. The summed E-state index contributed by atoms with van der Waals surface area (Å²) in [5, 5.41) is 0. The van der Waals surface area contributed by atoms with E-state index in [2.05, 4.69) is 18.1 Å². The lowest BCUT2D eigenvalue weighted by Crippen LogP contribution is -3.00. The monoisotopic (exact) mass is 250 g/mol. The maximum Gasteiger partial charge on any atom is 0.248 e. The first-order valence-corrected chi connectivity index (χ1v) is 3.06. The van der Waals surface area contributed by atoms with Crippen LogP contribution in [0.1, 0.15) is 6.92 Å². The van der Waals surface area contributed by atoms with Gasteiger partial charge in [-0.15, -0.1) is 0 Å². The zero-order valence-corrected chi connectivity index (χ0v) is 8.15. The molecule has 2 nitrogen and oxygen atoms in total. The Bertz CT molecular complexity index is 205. The average molecular weight is 250 g/mol. The molecule has 0 unspecified atom stereocenters. The molecule has 0 fully saturated rings. The van der Waals surface area contributed by atoms with Gasteiger partial charge in [-0.3, -0.25) is 0 Å². The largest absolute Gasteiger partial charge is 1.00 e. The van der Waals surface area contributed by atoms with Gasteiger partial charge >= 0.3 is 0 Å². The smallest absolute Gasteiger partial charge is 0.248 e. The zero-order valence-electron chi connectivity index (χ0n) is 6.00. The predicted molar refractivity (Wildman–Crippen MR) is 36.7 cm³/mol. The number of aryl methyl sites for hydroxylation is 1. The van der Waals surface area contributed by atoms with E-state index in [-0.39, 0.29) is 24.0 Å². The fourth-order valence-electron chi connectivity index (χ4n) is 0.706. The molecule has 0 aliphatic heterocycles. The van der Waals surface area contributed by atoms with E-state index in [0.29, 0.717) is 0 Å². The Morgan fingerprint density at radius 3 is 2.70 bits per heavy atom. The van der Waals surface area contributed by atoms with E-state index < -0.39 is 0 Å². The Morgan fingerprint density at radius 1 is 1.70 bits per heavy atom. The minimum absolute atomic E-state index is 0. The van der Waals surface area contributed by atoms with Crippen molar-refractivity contribution in [1.29, 1.82) is 0 Å². The van der Waals surface area contributed by atoms with Crippen LogP contribution in [0.25, 0.3) is 6.20 Å². The van der Waals surface area contributed by atoms with Gasteiger partial charge in [-0.05, 0) is 6.92 Å². The van der Waals surface area contributed by atoms with Gasteiger partial charge in [0.25, 0.3) is 0 Å². The van der Waals surface area contributed by atoms with Gasteiger partial charge in [0.05, 0.1) is 12.7 Å². The summed E-state index contributed by atoms with van der Waals surface area (Å²) in [7, 11) is 0. The first-order chi connectivity index (χ1) is 4.36. The van der Waals surface area contributed by atoms with Crippen LogP contribution in [0.4, 0.5) is 0 Å². The van der Waals surface area contributed by atoms with Crippen molar-refractivity contribution in [2.45, 2.75) is 13.5 Å². The summed E-state index contributed by atoms with van der Waals surface area (Å²) in [5.41, 5.74) is 0. The van der Waals surface area contributed by atoms with Gasteiger partial charge in [0, 0.05) is 0 Å². The molecule has 0 saturated carbocycles. The molecule has 0 N–H and O–H groups in total. The van der Waals surface area contributed by atoms with Gasteiger partial charge in [-0.1, -0.05) is 6.58 Å². The van der Waals surface area contributed by atoms with E-state index in [9.17, 15) is 0 Å². The number of nitrogens with zero attached hydrogens (tertiary/aromatic N) is 2. The second-order valence-electron chi connectivity index (χ2n) is 1.87. The van der Waals surface area contributed by atoms with Crippen molar-refractivity contribution in [3.05, 3.63) is 25.3 Å². The molecule has 0 aliphatic carbocycles. The lowest BCUT2D eigenvalue weighted by atomic mass is 10.7. The quantitative estimate of drug-likeness (QED) is 0.420. The molecule has 0 atom stereocenters. The number of halogens is 1. The Kier molecular flexibility index (Phi) is 4.34. The van der Waals surface area contributed by atoms with Crippen LogP contribution in [-0.2, 0) is 6.54 Å². The van der Waals surface area contributed by atoms with Gasteiger partial charge < -0.3 is 24.0 Å². The van der Waals surface area contributed by atoms with Gasteiger partial charge in [0.15, 0.2) is 0 Å². The van der Waals surface area contributed by atoms with Gasteiger partial charge in [0.1, 0.15) is 12.4 Å². The van der Waals surface area contributed by atoms with Gasteiger partial charge in [-0.2, -0.15) is 0 Å². The molecule has 0 amide bonds. The van der Waals surface area contributed by atoms with Crippen LogP contribution < -0.4 is 28.5 Å². The lowest BCUT2D eigenvalue weighted by molar-refractivity contribution is -0.567. The Balaban J connectivity index is 0.000000810. The highest BCUT2D eigenvalue weighted by Gasteiger charge is 1.94. The van der Waals surface area contributed by atoms with Crippen molar-refractivity contribution in [2.24, 2.45) is 0 Å². The number of rotatable bonds is 2. The van der Waals surface area contributed by atoms with Crippen LogP contribution in [0.15, 0.2) is 25.3 Å². The Hall–Kier alpha value is -0.320. The fourth-order valence-corrected chi connectivity index (χ4v) is 0.706. The van der Waals surface area contributed by atoms with Crippen molar-refractivity contribution in [1.82, 2.24) is 4.57 Å². The van der Waals surface area contributed by atoms with Crippen LogP contribution in [-0.4, -0.2) is 4.57 Å². The van der Waals surface area contributed by atoms with Crippen LogP contribution in [0.2, 0.25) is 0 Å². The average Bonchev–Trinajstić information content (AvgIpc) is 2.34. The number of hydrogen-bond acceptors (Lipinski definition) is 0. The molecular formula is C7H11IN2. The van der Waals surface area contributed by atoms with Crippen molar-refractivity contribution in [3.8, 4) is 0 Å². The third-order valence-corrected chi connectivity index (χ3v) is 1.29. The van der Waals surface area contributed by atoms with Gasteiger partial charge in [0.2, 0.25) is 6.33 Å². The van der Waals surface area contributed by atoms with E-state index in [0.717, 1.165) is 6.54 Å². The standard InChI is InChI=1S/C7H11N2.HI/c1-3-8-5-6-9(4-2)7-8;/h3,5-7H,1,4H2,2H3;1H/q+1;/p-1. The molecule has 0 bridgehead atoms. The maximum absolute atomic E-state index is 3.63. The molecule has 1 heterocycles. The molecule has 1 rings (SSSR count). The van der Waals surface area contributed by atoms with Gasteiger partial charge in [-0.25, -0.2) is 9.13 Å². The van der Waals surface area contributed by atoms with E-state index in [1.807, 2.05) is 23.3 Å². The fraction of sp³-hybridized carbons (Fsp3) is 0.286. The van der Waals surface area contributed by atoms with Crippen molar-refractivity contribution in [3.63, 3.8) is 0 Å². The third-order valence-electron chi connectivity index (χ3n) is 1.29. The van der Waals surface area contributed by atoms with Crippen LogP contribution >= 0.6 is 0 Å². The summed E-state index contributed by atoms with van der Waals surface area (Å²) in [6, 6.07) is 0. The highest BCUT2D eigenvalue weighted by molar-refractivity contribution is 4.94. The van der Waals surface area contributed by atoms with E-state index in [4.69, 9.17) is 0 Å².